The van der Waals surface area contributed by atoms with E-state index in [4.69, 9.17) is 5.73 Å². The lowest BCUT2D eigenvalue weighted by Gasteiger charge is -2.13. The third-order valence-corrected chi connectivity index (χ3v) is 5.88. The maximum Gasteiger partial charge on any atom is 0.241 e. The summed E-state index contributed by atoms with van der Waals surface area (Å²) in [5.41, 5.74) is 6.73. The minimum absolute atomic E-state index is 0.114. The fraction of sp³-hybridized carbons (Fsp3) is 0.333. The van der Waals surface area contributed by atoms with E-state index in [1.54, 1.807) is 11.4 Å². The number of aryl methyl sites for hydroxylation is 1. The number of benzene rings is 1. The summed E-state index contributed by atoms with van der Waals surface area (Å²) < 4.78 is 27.2. The van der Waals surface area contributed by atoms with Crippen molar-refractivity contribution in [1.82, 2.24) is 4.72 Å². The lowest BCUT2D eigenvalue weighted by atomic mass is 10.1. The van der Waals surface area contributed by atoms with Gasteiger partial charge >= 0.3 is 0 Å². The van der Waals surface area contributed by atoms with Crippen molar-refractivity contribution >= 4 is 21.4 Å². The predicted molar refractivity (Wildman–Crippen MR) is 86.8 cm³/mol. The molecule has 0 spiro atoms. The lowest BCUT2D eigenvalue weighted by molar-refractivity contribution is 0.547. The van der Waals surface area contributed by atoms with E-state index in [0.717, 1.165) is 17.7 Å². The molecule has 1 unspecified atom stereocenters. The predicted octanol–water partition coefficient (Wildman–Crippen LogP) is 2.51. The van der Waals surface area contributed by atoms with E-state index >= 15 is 0 Å². The van der Waals surface area contributed by atoms with E-state index in [0.29, 0.717) is 11.4 Å². The largest absolute Gasteiger partial charge is 0.326 e. The van der Waals surface area contributed by atoms with Gasteiger partial charge in [-0.3, -0.25) is 0 Å². The molecule has 21 heavy (non-hydrogen) atoms. The molecule has 1 aromatic carbocycles. The van der Waals surface area contributed by atoms with E-state index in [9.17, 15) is 8.42 Å². The summed E-state index contributed by atoms with van der Waals surface area (Å²) in [5, 5.41) is 1.63. The second-order valence-corrected chi connectivity index (χ2v) is 7.71. The van der Waals surface area contributed by atoms with Crippen molar-refractivity contribution in [2.45, 2.75) is 37.2 Å². The third kappa shape index (κ3) is 4.64. The highest BCUT2D eigenvalue weighted by molar-refractivity contribution is 7.89. The fourth-order valence-electron chi connectivity index (χ4n) is 2.03. The second-order valence-electron chi connectivity index (χ2n) is 5.00. The van der Waals surface area contributed by atoms with E-state index < -0.39 is 10.0 Å². The highest BCUT2D eigenvalue weighted by Crippen LogP contribution is 2.19. The first kappa shape index (κ1) is 16.2. The van der Waals surface area contributed by atoms with Gasteiger partial charge in [0.05, 0.1) is 4.90 Å². The van der Waals surface area contributed by atoms with E-state index in [1.165, 1.54) is 16.9 Å². The Morgan fingerprint density at radius 3 is 2.62 bits per heavy atom. The molecule has 0 fully saturated rings. The van der Waals surface area contributed by atoms with Gasteiger partial charge in [0.15, 0.2) is 0 Å². The minimum atomic E-state index is -3.45. The van der Waals surface area contributed by atoms with Crippen LogP contribution in [0.25, 0.3) is 0 Å². The SMILES string of the molecule is CC(CCc1ccccc1)NS(=O)(=O)c1csc(CN)c1. The molecule has 0 saturated carbocycles. The molecule has 0 radical (unpaired) electrons. The average molecular weight is 324 g/mol. The zero-order valence-electron chi connectivity index (χ0n) is 12.0. The minimum Gasteiger partial charge on any atom is -0.326 e. The molecule has 0 bridgehead atoms. The van der Waals surface area contributed by atoms with Gasteiger partial charge in [0.25, 0.3) is 0 Å². The van der Waals surface area contributed by atoms with Crippen molar-refractivity contribution in [3.05, 3.63) is 52.2 Å². The summed E-state index contributed by atoms with van der Waals surface area (Å²) in [4.78, 5) is 1.17. The van der Waals surface area contributed by atoms with E-state index in [2.05, 4.69) is 4.72 Å². The molecule has 4 nitrogen and oxygen atoms in total. The van der Waals surface area contributed by atoms with Crippen LogP contribution in [0.3, 0.4) is 0 Å². The molecule has 0 aliphatic heterocycles. The Morgan fingerprint density at radius 2 is 2.00 bits per heavy atom. The van der Waals surface area contributed by atoms with Gasteiger partial charge in [-0.1, -0.05) is 30.3 Å². The van der Waals surface area contributed by atoms with Crippen molar-refractivity contribution in [2.75, 3.05) is 0 Å². The van der Waals surface area contributed by atoms with Gasteiger partial charge in [-0.05, 0) is 31.4 Å². The quantitative estimate of drug-likeness (QED) is 0.822. The smallest absolute Gasteiger partial charge is 0.241 e. The van der Waals surface area contributed by atoms with Crippen LogP contribution in [0.4, 0.5) is 0 Å². The first-order valence-corrected chi connectivity index (χ1v) is 9.21. The summed E-state index contributed by atoms with van der Waals surface area (Å²) in [6.07, 6.45) is 1.61. The molecule has 3 N–H and O–H groups in total. The number of sulfonamides is 1. The van der Waals surface area contributed by atoms with Crippen molar-refractivity contribution in [2.24, 2.45) is 5.73 Å². The zero-order valence-corrected chi connectivity index (χ0v) is 13.6. The Bertz CT molecular complexity index is 666. The van der Waals surface area contributed by atoms with Crippen molar-refractivity contribution < 1.29 is 8.42 Å². The number of hydrogen-bond acceptors (Lipinski definition) is 4. The molecule has 114 valence electrons. The molecule has 1 aromatic heterocycles. The number of thiophene rings is 1. The standard InChI is InChI=1S/C15H20N2O2S2/c1-12(7-8-13-5-3-2-4-6-13)17-21(18,19)15-9-14(10-16)20-11-15/h2-6,9,11-12,17H,7-8,10,16H2,1H3. The summed E-state index contributed by atoms with van der Waals surface area (Å²) in [7, 11) is -3.45. The van der Waals surface area contributed by atoms with Crippen LogP contribution in [0.5, 0.6) is 0 Å². The summed E-state index contributed by atoms with van der Waals surface area (Å²) in [6.45, 7) is 2.25. The third-order valence-electron chi connectivity index (χ3n) is 3.21. The normalized spacial score (nSPS) is 13.2. The van der Waals surface area contributed by atoms with E-state index in [-0.39, 0.29) is 6.04 Å². The van der Waals surface area contributed by atoms with Crippen LogP contribution >= 0.6 is 11.3 Å². The molecular weight excluding hydrogens is 304 g/mol. The van der Waals surface area contributed by atoms with Gasteiger partial charge in [-0.15, -0.1) is 11.3 Å². The summed E-state index contributed by atoms with van der Waals surface area (Å²) >= 11 is 1.37. The molecule has 0 amide bonds. The Balaban J connectivity index is 1.93. The first-order valence-electron chi connectivity index (χ1n) is 6.85. The Labute approximate surface area is 130 Å². The number of nitrogens with two attached hydrogens (primary N) is 1. The van der Waals surface area contributed by atoms with Crippen LogP contribution in [0.15, 0.2) is 46.7 Å². The number of hydrogen-bond donors (Lipinski definition) is 2. The van der Waals surface area contributed by atoms with Crippen LogP contribution < -0.4 is 10.5 Å². The zero-order chi connectivity index (χ0) is 15.3. The highest BCUT2D eigenvalue weighted by Gasteiger charge is 2.18. The number of rotatable bonds is 7. The molecule has 1 atom stereocenters. The highest BCUT2D eigenvalue weighted by atomic mass is 32.2. The summed E-state index contributed by atoms with van der Waals surface area (Å²) in [6, 6.07) is 11.6. The molecular formula is C15H20N2O2S2. The van der Waals surface area contributed by atoms with Crippen molar-refractivity contribution in [1.29, 1.82) is 0 Å². The maximum atomic E-state index is 12.2. The Hall–Kier alpha value is -1.21. The maximum absolute atomic E-state index is 12.2. The van der Waals surface area contributed by atoms with Crippen LogP contribution in [-0.2, 0) is 23.0 Å². The van der Waals surface area contributed by atoms with Crippen molar-refractivity contribution in [3.8, 4) is 0 Å². The monoisotopic (exact) mass is 324 g/mol. The molecule has 6 heteroatoms. The molecule has 0 aliphatic rings. The van der Waals surface area contributed by atoms with Crippen LogP contribution in [0.2, 0.25) is 0 Å². The molecule has 2 rings (SSSR count). The van der Waals surface area contributed by atoms with Gasteiger partial charge in [-0.2, -0.15) is 0 Å². The van der Waals surface area contributed by atoms with Gasteiger partial charge in [-0.25, -0.2) is 13.1 Å². The van der Waals surface area contributed by atoms with Gasteiger partial charge in [0.1, 0.15) is 0 Å². The Kier molecular flexibility index (Phi) is 5.52. The van der Waals surface area contributed by atoms with Crippen molar-refractivity contribution in [3.63, 3.8) is 0 Å². The average Bonchev–Trinajstić information content (AvgIpc) is 2.96. The van der Waals surface area contributed by atoms with E-state index in [1.807, 2.05) is 37.3 Å². The molecule has 2 aromatic rings. The fourth-order valence-corrected chi connectivity index (χ4v) is 4.46. The van der Waals surface area contributed by atoms with Crippen LogP contribution in [0, 0.1) is 0 Å². The van der Waals surface area contributed by atoms with Crippen LogP contribution in [0.1, 0.15) is 23.8 Å². The molecule has 1 heterocycles. The Morgan fingerprint density at radius 1 is 1.29 bits per heavy atom. The van der Waals surface area contributed by atoms with Gasteiger partial charge < -0.3 is 5.73 Å². The number of nitrogens with one attached hydrogen (secondary N) is 1. The summed E-state index contributed by atoms with van der Waals surface area (Å²) in [5.74, 6) is 0. The molecule has 0 saturated heterocycles. The second kappa shape index (κ2) is 7.17. The first-order chi connectivity index (χ1) is 10.0. The van der Waals surface area contributed by atoms with Crippen LogP contribution in [-0.4, -0.2) is 14.5 Å². The molecule has 0 aliphatic carbocycles. The lowest BCUT2D eigenvalue weighted by Crippen LogP contribution is -2.32. The topological polar surface area (TPSA) is 72.2 Å². The van der Waals surface area contributed by atoms with Gasteiger partial charge in [0.2, 0.25) is 10.0 Å². The van der Waals surface area contributed by atoms with Gasteiger partial charge in [0, 0.05) is 22.8 Å².